The van der Waals surface area contributed by atoms with Gasteiger partial charge < -0.3 is 5.73 Å². The fourth-order valence-corrected chi connectivity index (χ4v) is 4.60. The molecule has 0 spiro atoms. The highest BCUT2D eigenvalue weighted by atomic mass is 16.1. The van der Waals surface area contributed by atoms with E-state index < -0.39 is 0 Å². The summed E-state index contributed by atoms with van der Waals surface area (Å²) in [6.07, 6.45) is 22.2. The van der Waals surface area contributed by atoms with Crippen LogP contribution in [0.1, 0.15) is 96.8 Å². The maximum atomic E-state index is 9.06. The van der Waals surface area contributed by atoms with Gasteiger partial charge in [0.25, 0.3) is 0 Å². The molecule has 2 rings (SSSR count). The lowest BCUT2D eigenvalue weighted by Crippen LogP contribution is -2.31. The topological polar surface area (TPSA) is 43.1 Å². The Hall–Kier alpha value is -0.630. The number of nitrogens with two attached hydrogens (primary N) is 1. The Balaban J connectivity index is 0.000000648. The van der Waals surface area contributed by atoms with E-state index in [0.29, 0.717) is 12.3 Å². The second kappa shape index (κ2) is 13.6. The second-order valence-corrected chi connectivity index (χ2v) is 8.03. The van der Waals surface area contributed by atoms with Gasteiger partial charge in [-0.3, -0.25) is 4.79 Å². The summed E-state index contributed by atoms with van der Waals surface area (Å²) in [7, 11) is 0. The summed E-state index contributed by atoms with van der Waals surface area (Å²) in [5, 5.41) is 0. The molecule has 0 aromatic rings. The largest absolute Gasteiger partial charge is 0.328 e. The van der Waals surface area contributed by atoms with Crippen LogP contribution in [0.4, 0.5) is 0 Å². The highest BCUT2D eigenvalue weighted by Gasteiger charge is 2.29. The number of hydrogen-bond donors (Lipinski definition) is 1. The Labute approximate surface area is 150 Å². The molecule has 0 unspecified atom stereocenters. The Bertz CT molecular complexity index is 306. The maximum Gasteiger partial charge on any atom is 0.142 e. The monoisotopic (exact) mass is 335 g/mol. The van der Waals surface area contributed by atoms with Crippen LogP contribution in [0.15, 0.2) is 12.7 Å². The van der Waals surface area contributed by atoms with Crippen molar-refractivity contribution in [3.63, 3.8) is 0 Å². The summed E-state index contributed by atoms with van der Waals surface area (Å²) in [6, 6.07) is 0.519. The van der Waals surface area contributed by atoms with Crippen LogP contribution >= 0.6 is 0 Å². The van der Waals surface area contributed by atoms with Gasteiger partial charge in [0.05, 0.1) is 0 Å². The Morgan fingerprint density at radius 2 is 1.38 bits per heavy atom. The molecule has 0 radical (unpaired) electrons. The normalized spacial score (nSPS) is 30.1. The molecule has 0 saturated heterocycles. The predicted molar refractivity (Wildman–Crippen MR) is 105 cm³/mol. The molecule has 0 bridgehead atoms. The van der Waals surface area contributed by atoms with E-state index in [1.807, 2.05) is 0 Å². The molecule has 2 nitrogen and oxygen atoms in total. The lowest BCUT2D eigenvalue weighted by atomic mass is 9.70. The van der Waals surface area contributed by atoms with E-state index >= 15 is 0 Å². The first-order chi connectivity index (χ1) is 11.7. The summed E-state index contributed by atoms with van der Waals surface area (Å²) in [6.45, 7) is 5.42. The Morgan fingerprint density at radius 3 is 1.88 bits per heavy atom. The SMILES string of the molecule is C=CC=O.CCCCCCCC1CCC(C2CCC(N)CC2)CC1. The number of carbonyl (C=O) groups excluding carboxylic acids is 1. The van der Waals surface area contributed by atoms with Crippen molar-refractivity contribution >= 4 is 6.29 Å². The van der Waals surface area contributed by atoms with Crippen LogP contribution in [0.2, 0.25) is 0 Å². The van der Waals surface area contributed by atoms with Crippen molar-refractivity contribution in [2.45, 2.75) is 103 Å². The molecule has 2 aliphatic rings. The van der Waals surface area contributed by atoms with Crippen molar-refractivity contribution in [3.8, 4) is 0 Å². The van der Waals surface area contributed by atoms with Gasteiger partial charge in [0.2, 0.25) is 0 Å². The van der Waals surface area contributed by atoms with Crippen molar-refractivity contribution in [1.82, 2.24) is 0 Å². The molecular formula is C22H41NO. The van der Waals surface area contributed by atoms with Gasteiger partial charge in [-0.2, -0.15) is 0 Å². The van der Waals surface area contributed by atoms with Gasteiger partial charge in [0.15, 0.2) is 0 Å². The molecule has 2 fully saturated rings. The molecule has 0 aliphatic heterocycles. The number of carbonyl (C=O) groups is 1. The van der Waals surface area contributed by atoms with Crippen LogP contribution in [0.5, 0.6) is 0 Å². The summed E-state index contributed by atoms with van der Waals surface area (Å²) >= 11 is 0. The number of unbranched alkanes of at least 4 members (excludes halogenated alkanes) is 4. The molecule has 140 valence electrons. The molecule has 0 aromatic carbocycles. The number of rotatable bonds is 8. The Morgan fingerprint density at radius 1 is 0.875 bits per heavy atom. The highest BCUT2D eigenvalue weighted by molar-refractivity contribution is 5.63. The van der Waals surface area contributed by atoms with Crippen molar-refractivity contribution < 1.29 is 4.79 Å². The van der Waals surface area contributed by atoms with Gasteiger partial charge in [-0.05, 0) is 62.4 Å². The Kier molecular flexibility index (Phi) is 12.2. The van der Waals surface area contributed by atoms with E-state index in [1.54, 1.807) is 0 Å². The highest BCUT2D eigenvalue weighted by Crippen LogP contribution is 2.40. The third-order valence-corrected chi connectivity index (χ3v) is 6.19. The number of aldehydes is 1. The zero-order valence-electron chi connectivity index (χ0n) is 16.1. The number of allylic oxidation sites excluding steroid dienone is 1. The molecule has 2 aliphatic carbocycles. The van der Waals surface area contributed by atoms with Crippen molar-refractivity contribution in [1.29, 1.82) is 0 Å². The van der Waals surface area contributed by atoms with Crippen LogP contribution in [-0.2, 0) is 4.79 Å². The minimum Gasteiger partial charge on any atom is -0.328 e. The fourth-order valence-electron chi connectivity index (χ4n) is 4.60. The van der Waals surface area contributed by atoms with Crippen LogP contribution in [0.25, 0.3) is 0 Å². The molecule has 0 heterocycles. The van der Waals surface area contributed by atoms with E-state index in [0.717, 1.165) is 17.8 Å². The lowest BCUT2D eigenvalue weighted by Gasteiger charge is -2.37. The van der Waals surface area contributed by atoms with Crippen molar-refractivity contribution in [2.75, 3.05) is 0 Å². The molecule has 24 heavy (non-hydrogen) atoms. The van der Waals surface area contributed by atoms with Crippen LogP contribution in [0, 0.1) is 17.8 Å². The summed E-state index contributed by atoms with van der Waals surface area (Å²) in [5.41, 5.74) is 6.04. The van der Waals surface area contributed by atoms with Gasteiger partial charge >= 0.3 is 0 Å². The standard InChI is InChI=1S/C19H37N.C3H4O/c1-2-3-4-5-6-7-16-8-10-17(11-9-16)18-12-14-19(20)15-13-18;1-2-3-4/h16-19H,2-15,20H2,1H3;2-3H,1H2. The van der Waals surface area contributed by atoms with Crippen LogP contribution in [-0.4, -0.2) is 12.3 Å². The maximum absolute atomic E-state index is 9.06. The zero-order chi connectivity index (χ0) is 17.6. The average molecular weight is 336 g/mol. The molecule has 2 heteroatoms. The van der Waals surface area contributed by atoms with E-state index in [-0.39, 0.29) is 0 Å². The summed E-state index contributed by atoms with van der Waals surface area (Å²) in [5.74, 6) is 3.15. The second-order valence-electron chi connectivity index (χ2n) is 8.03. The zero-order valence-corrected chi connectivity index (χ0v) is 16.1. The third-order valence-electron chi connectivity index (χ3n) is 6.19. The van der Waals surface area contributed by atoms with Gasteiger partial charge in [-0.15, -0.1) is 0 Å². The molecule has 0 atom stereocenters. The minimum atomic E-state index is 0.519. The van der Waals surface area contributed by atoms with E-state index in [9.17, 15) is 0 Å². The molecule has 0 amide bonds. The van der Waals surface area contributed by atoms with Crippen molar-refractivity contribution in [2.24, 2.45) is 23.5 Å². The first-order valence-electron chi connectivity index (χ1n) is 10.5. The van der Waals surface area contributed by atoms with Gasteiger partial charge in [-0.1, -0.05) is 64.9 Å². The summed E-state index contributed by atoms with van der Waals surface area (Å²) < 4.78 is 0. The molecule has 0 aromatic heterocycles. The van der Waals surface area contributed by atoms with E-state index in [4.69, 9.17) is 10.5 Å². The van der Waals surface area contributed by atoms with Crippen LogP contribution < -0.4 is 5.73 Å². The van der Waals surface area contributed by atoms with E-state index in [1.165, 1.54) is 96.0 Å². The van der Waals surface area contributed by atoms with Crippen molar-refractivity contribution in [3.05, 3.63) is 12.7 Å². The van der Waals surface area contributed by atoms with Crippen LogP contribution in [0.3, 0.4) is 0 Å². The lowest BCUT2D eigenvalue weighted by molar-refractivity contribution is -0.104. The first-order valence-corrected chi connectivity index (χ1v) is 10.5. The fraction of sp³-hybridized carbons (Fsp3) is 0.864. The number of hydrogen-bond acceptors (Lipinski definition) is 2. The average Bonchev–Trinajstić information content (AvgIpc) is 2.63. The van der Waals surface area contributed by atoms with E-state index in [2.05, 4.69) is 13.5 Å². The molecule has 2 N–H and O–H groups in total. The van der Waals surface area contributed by atoms with Gasteiger partial charge in [0, 0.05) is 6.04 Å². The smallest absolute Gasteiger partial charge is 0.142 e. The predicted octanol–water partition coefficient (Wildman–Crippen LogP) is 6.04. The summed E-state index contributed by atoms with van der Waals surface area (Å²) in [4.78, 5) is 9.06. The molecular weight excluding hydrogens is 294 g/mol. The minimum absolute atomic E-state index is 0.519. The quantitative estimate of drug-likeness (QED) is 0.334. The molecule has 2 saturated carbocycles. The van der Waals surface area contributed by atoms with Gasteiger partial charge in [0.1, 0.15) is 6.29 Å². The third kappa shape index (κ3) is 9.01. The first kappa shape index (κ1) is 21.4. The van der Waals surface area contributed by atoms with Gasteiger partial charge in [-0.25, -0.2) is 0 Å².